The van der Waals surface area contributed by atoms with E-state index < -0.39 is 10.0 Å². The lowest BCUT2D eigenvalue weighted by Crippen LogP contribution is -2.30. The van der Waals surface area contributed by atoms with E-state index in [-0.39, 0.29) is 23.3 Å². The van der Waals surface area contributed by atoms with Crippen molar-refractivity contribution in [2.45, 2.75) is 25.2 Å². The molecule has 1 aromatic carbocycles. The van der Waals surface area contributed by atoms with Crippen molar-refractivity contribution in [1.29, 1.82) is 0 Å². The van der Waals surface area contributed by atoms with E-state index >= 15 is 0 Å². The maximum atomic E-state index is 12.2. The van der Waals surface area contributed by atoms with Gasteiger partial charge in [0.1, 0.15) is 0 Å². The Hall–Kier alpha value is -1.44. The molecule has 118 valence electrons. The molecule has 0 heterocycles. The molecule has 0 saturated heterocycles. The smallest absolute Gasteiger partial charge is 0.240 e. The van der Waals surface area contributed by atoms with Gasteiger partial charge in [-0.25, -0.2) is 13.1 Å². The molecule has 1 amide bonds. The Morgan fingerprint density at radius 3 is 2.52 bits per heavy atom. The highest BCUT2D eigenvalue weighted by molar-refractivity contribution is 7.89. The minimum absolute atomic E-state index is 0.107. The zero-order chi connectivity index (χ0) is 16.0. The Morgan fingerprint density at radius 1 is 1.33 bits per heavy atom. The van der Waals surface area contributed by atoms with Crippen LogP contribution in [0.4, 0.5) is 5.69 Å². The van der Waals surface area contributed by atoms with Crippen molar-refractivity contribution in [2.24, 2.45) is 17.6 Å². The summed E-state index contributed by atoms with van der Waals surface area (Å²) in [7, 11) is -2.19. The Balaban J connectivity index is 2.88. The first kappa shape index (κ1) is 17.6. The highest BCUT2D eigenvalue weighted by atomic mass is 32.2. The Kier molecular flexibility index (Phi) is 6.32. The molecule has 4 N–H and O–H groups in total. The third-order valence-electron chi connectivity index (χ3n) is 3.09. The molecule has 21 heavy (non-hydrogen) atoms. The van der Waals surface area contributed by atoms with Gasteiger partial charge in [0.15, 0.2) is 0 Å². The third kappa shape index (κ3) is 5.11. The Morgan fingerprint density at radius 2 is 2.00 bits per heavy atom. The fourth-order valence-corrected chi connectivity index (χ4v) is 2.76. The minimum Gasteiger partial charge on any atom is -0.330 e. The fraction of sp³-hybridized carbons (Fsp3) is 0.500. The molecule has 1 unspecified atom stereocenters. The Bertz CT molecular complexity index is 585. The number of hydrogen-bond acceptors (Lipinski definition) is 4. The molecule has 0 aliphatic carbocycles. The van der Waals surface area contributed by atoms with Crippen molar-refractivity contribution in [2.75, 3.05) is 18.9 Å². The van der Waals surface area contributed by atoms with Crippen LogP contribution in [0.25, 0.3) is 0 Å². The first-order valence-corrected chi connectivity index (χ1v) is 8.33. The van der Waals surface area contributed by atoms with Gasteiger partial charge < -0.3 is 11.1 Å². The molecular formula is C14H23N3O3S. The number of benzene rings is 1. The van der Waals surface area contributed by atoms with Crippen molar-refractivity contribution in [3.05, 3.63) is 24.3 Å². The Labute approximate surface area is 126 Å². The normalized spacial score (nSPS) is 13.2. The summed E-state index contributed by atoms with van der Waals surface area (Å²) in [4.78, 5) is 12.3. The first-order chi connectivity index (χ1) is 9.80. The van der Waals surface area contributed by atoms with E-state index in [4.69, 9.17) is 5.73 Å². The van der Waals surface area contributed by atoms with Gasteiger partial charge in [-0.05, 0) is 37.6 Å². The zero-order valence-electron chi connectivity index (χ0n) is 12.6. The molecule has 6 nitrogen and oxygen atoms in total. The third-order valence-corrected chi connectivity index (χ3v) is 4.50. The summed E-state index contributed by atoms with van der Waals surface area (Å²) in [6, 6.07) is 6.12. The second-order valence-electron chi connectivity index (χ2n) is 5.29. The summed E-state index contributed by atoms with van der Waals surface area (Å²) >= 11 is 0. The van der Waals surface area contributed by atoms with Gasteiger partial charge >= 0.3 is 0 Å². The SMILES string of the molecule is CNS(=O)(=O)c1cccc(NC(=O)C(CN)CC(C)C)c1. The number of hydrogen-bond donors (Lipinski definition) is 3. The predicted molar refractivity (Wildman–Crippen MR) is 83.3 cm³/mol. The van der Waals surface area contributed by atoms with Crippen LogP contribution in [0.2, 0.25) is 0 Å². The van der Waals surface area contributed by atoms with E-state index in [1.807, 2.05) is 13.8 Å². The lowest BCUT2D eigenvalue weighted by molar-refractivity contribution is -0.120. The molecule has 0 fully saturated rings. The number of sulfonamides is 1. The van der Waals surface area contributed by atoms with E-state index in [1.165, 1.54) is 19.2 Å². The van der Waals surface area contributed by atoms with Gasteiger partial charge in [-0.1, -0.05) is 19.9 Å². The van der Waals surface area contributed by atoms with Crippen molar-refractivity contribution in [3.8, 4) is 0 Å². The van der Waals surface area contributed by atoms with Crippen LogP contribution in [0, 0.1) is 11.8 Å². The van der Waals surface area contributed by atoms with Crippen LogP contribution >= 0.6 is 0 Å². The highest BCUT2D eigenvalue weighted by Gasteiger charge is 2.19. The summed E-state index contributed by atoms with van der Waals surface area (Å²) in [6.07, 6.45) is 0.691. The molecule has 0 aliphatic rings. The summed E-state index contributed by atoms with van der Waals surface area (Å²) in [5, 5.41) is 2.72. The average Bonchev–Trinajstić information content (AvgIpc) is 2.44. The molecule has 1 atom stereocenters. The largest absolute Gasteiger partial charge is 0.330 e. The number of nitrogens with one attached hydrogen (secondary N) is 2. The second-order valence-corrected chi connectivity index (χ2v) is 7.17. The van der Waals surface area contributed by atoms with Crippen LogP contribution in [0.15, 0.2) is 29.2 Å². The second kappa shape index (κ2) is 7.53. The summed E-state index contributed by atoms with van der Waals surface area (Å²) in [6.45, 7) is 4.31. The number of carbonyl (C=O) groups excluding carboxylic acids is 1. The topological polar surface area (TPSA) is 101 Å². The van der Waals surface area contributed by atoms with E-state index in [0.717, 1.165) is 0 Å². The summed E-state index contributed by atoms with van der Waals surface area (Å²) in [5.41, 5.74) is 6.07. The van der Waals surface area contributed by atoms with Crippen LogP contribution in [0.3, 0.4) is 0 Å². The van der Waals surface area contributed by atoms with Crippen molar-refractivity contribution in [3.63, 3.8) is 0 Å². The van der Waals surface area contributed by atoms with Crippen molar-refractivity contribution < 1.29 is 13.2 Å². The zero-order valence-corrected chi connectivity index (χ0v) is 13.4. The minimum atomic E-state index is -3.53. The monoisotopic (exact) mass is 313 g/mol. The lowest BCUT2D eigenvalue weighted by atomic mass is 9.96. The fourth-order valence-electron chi connectivity index (χ4n) is 1.98. The number of rotatable bonds is 7. The van der Waals surface area contributed by atoms with E-state index in [0.29, 0.717) is 18.0 Å². The number of anilines is 1. The summed E-state index contributed by atoms with van der Waals surface area (Å²) in [5.74, 6) is -0.111. The molecule has 0 radical (unpaired) electrons. The van der Waals surface area contributed by atoms with Gasteiger partial charge in [0.25, 0.3) is 0 Å². The van der Waals surface area contributed by atoms with Gasteiger partial charge in [-0.2, -0.15) is 0 Å². The van der Waals surface area contributed by atoms with E-state index in [1.54, 1.807) is 12.1 Å². The maximum Gasteiger partial charge on any atom is 0.240 e. The van der Waals surface area contributed by atoms with E-state index in [9.17, 15) is 13.2 Å². The number of carbonyl (C=O) groups is 1. The van der Waals surface area contributed by atoms with Gasteiger partial charge in [-0.15, -0.1) is 0 Å². The molecule has 7 heteroatoms. The van der Waals surface area contributed by atoms with Gasteiger partial charge in [0.05, 0.1) is 10.8 Å². The number of nitrogens with two attached hydrogens (primary N) is 1. The molecule has 0 aliphatic heterocycles. The molecule has 1 rings (SSSR count). The van der Waals surface area contributed by atoms with Crippen LogP contribution in [0.1, 0.15) is 20.3 Å². The van der Waals surface area contributed by atoms with Crippen LogP contribution in [0.5, 0.6) is 0 Å². The molecule has 0 aromatic heterocycles. The molecular weight excluding hydrogens is 290 g/mol. The van der Waals surface area contributed by atoms with E-state index in [2.05, 4.69) is 10.0 Å². The van der Waals surface area contributed by atoms with Gasteiger partial charge in [-0.3, -0.25) is 4.79 Å². The number of amides is 1. The molecule has 0 saturated carbocycles. The highest BCUT2D eigenvalue weighted by Crippen LogP contribution is 2.17. The van der Waals surface area contributed by atoms with Crippen molar-refractivity contribution >= 4 is 21.6 Å². The average molecular weight is 313 g/mol. The predicted octanol–water partition coefficient (Wildman–Crippen LogP) is 1.15. The van der Waals surface area contributed by atoms with Gasteiger partial charge in [0, 0.05) is 12.2 Å². The molecule has 0 spiro atoms. The standard InChI is InChI=1S/C14H23N3O3S/c1-10(2)7-11(9-15)14(18)17-12-5-4-6-13(8-12)21(19,20)16-3/h4-6,8,10-11,16H,7,9,15H2,1-3H3,(H,17,18). The summed E-state index contributed by atoms with van der Waals surface area (Å²) < 4.78 is 25.7. The van der Waals surface area contributed by atoms with Crippen LogP contribution in [-0.4, -0.2) is 27.9 Å². The quantitative estimate of drug-likeness (QED) is 0.703. The van der Waals surface area contributed by atoms with Gasteiger partial charge in [0.2, 0.25) is 15.9 Å². The van der Waals surface area contributed by atoms with Crippen LogP contribution < -0.4 is 15.8 Å². The van der Waals surface area contributed by atoms with Crippen LogP contribution in [-0.2, 0) is 14.8 Å². The maximum absolute atomic E-state index is 12.2. The molecule has 1 aromatic rings. The first-order valence-electron chi connectivity index (χ1n) is 6.84. The molecule has 0 bridgehead atoms. The van der Waals surface area contributed by atoms with Crippen molar-refractivity contribution in [1.82, 2.24) is 4.72 Å². The lowest BCUT2D eigenvalue weighted by Gasteiger charge is -2.17.